The van der Waals surface area contributed by atoms with E-state index in [4.69, 9.17) is 4.74 Å². The van der Waals surface area contributed by atoms with Crippen molar-refractivity contribution in [2.75, 3.05) is 0 Å². The van der Waals surface area contributed by atoms with E-state index in [-0.39, 0.29) is 27.7 Å². The number of hydrogen-bond acceptors (Lipinski definition) is 7. The Morgan fingerprint density at radius 1 is 0.816 bits per heavy atom. The lowest BCUT2D eigenvalue weighted by Gasteiger charge is -2.28. The first kappa shape index (κ1) is 27.6. The van der Waals surface area contributed by atoms with E-state index in [9.17, 15) is 30.4 Å². The standard InChI is InChI=1S/C27H25F2NO6S2/c1-18(2)16-27(26(31)36-25(30-27)22-14-13-19(28)15-23(22)29)17-24(37(32,33)20-9-5-3-6-10-20)38(34,35)21-11-7-4-8-12-21/h3-15,18,24H,16-17H2,1-2H3/t27-/m1/s1. The van der Waals surface area contributed by atoms with Crippen LogP contribution in [0.2, 0.25) is 0 Å². The number of carbonyl (C=O) groups excluding carboxylic acids is 1. The van der Waals surface area contributed by atoms with Crippen LogP contribution in [0.5, 0.6) is 0 Å². The van der Waals surface area contributed by atoms with Crippen LogP contribution in [-0.4, -0.2) is 38.8 Å². The molecule has 0 saturated heterocycles. The second kappa shape index (κ2) is 10.4. The smallest absolute Gasteiger partial charge is 0.340 e. The maximum Gasteiger partial charge on any atom is 0.340 e. The lowest BCUT2D eigenvalue weighted by Crippen LogP contribution is -2.44. The van der Waals surface area contributed by atoms with Crippen molar-refractivity contribution in [2.45, 2.75) is 46.6 Å². The van der Waals surface area contributed by atoms with Crippen LogP contribution < -0.4 is 0 Å². The number of benzene rings is 3. The first-order valence-electron chi connectivity index (χ1n) is 11.7. The molecule has 0 aliphatic carbocycles. The van der Waals surface area contributed by atoms with Gasteiger partial charge >= 0.3 is 5.97 Å². The number of halogens is 2. The molecule has 7 nitrogen and oxygen atoms in total. The van der Waals surface area contributed by atoms with Gasteiger partial charge in [0, 0.05) is 12.5 Å². The van der Waals surface area contributed by atoms with E-state index in [0.717, 1.165) is 12.1 Å². The number of carbonyl (C=O) groups is 1. The molecule has 1 heterocycles. The van der Waals surface area contributed by atoms with Gasteiger partial charge in [-0.25, -0.2) is 35.4 Å². The van der Waals surface area contributed by atoms with Gasteiger partial charge in [-0.1, -0.05) is 50.2 Å². The van der Waals surface area contributed by atoms with Crippen molar-refractivity contribution in [1.29, 1.82) is 0 Å². The molecule has 3 aromatic carbocycles. The summed E-state index contributed by atoms with van der Waals surface area (Å²) < 4.78 is 86.5. The highest BCUT2D eigenvalue weighted by molar-refractivity contribution is 8.09. The molecule has 0 amide bonds. The number of ether oxygens (including phenoxy) is 1. The van der Waals surface area contributed by atoms with Crippen LogP contribution in [0, 0.1) is 17.6 Å². The van der Waals surface area contributed by atoms with Gasteiger partial charge in [-0.3, -0.25) is 0 Å². The number of nitrogens with zero attached hydrogens (tertiary/aromatic N) is 1. The Morgan fingerprint density at radius 2 is 1.34 bits per heavy atom. The number of rotatable bonds is 9. The minimum absolute atomic E-state index is 0.0801. The summed E-state index contributed by atoms with van der Waals surface area (Å²) in [6.45, 7) is 3.49. The minimum atomic E-state index is -4.58. The molecule has 0 spiro atoms. The van der Waals surface area contributed by atoms with Crippen LogP contribution >= 0.6 is 0 Å². The van der Waals surface area contributed by atoms with Crippen LogP contribution in [0.15, 0.2) is 93.6 Å². The van der Waals surface area contributed by atoms with Crippen LogP contribution in [0.4, 0.5) is 8.78 Å². The van der Waals surface area contributed by atoms with Crippen molar-refractivity contribution in [3.05, 3.63) is 96.1 Å². The SMILES string of the molecule is CC(C)C[C@]1(CC(S(=O)(=O)c2ccccc2)S(=O)(=O)c2ccccc2)N=C(c2ccc(F)cc2F)OC1=O. The number of hydrogen-bond donors (Lipinski definition) is 0. The summed E-state index contributed by atoms with van der Waals surface area (Å²) in [5, 5.41) is 0. The average Bonchev–Trinajstić information content (AvgIpc) is 3.18. The highest BCUT2D eigenvalue weighted by atomic mass is 32.3. The molecule has 0 unspecified atom stereocenters. The van der Waals surface area contributed by atoms with Crippen molar-refractivity contribution in [2.24, 2.45) is 10.9 Å². The van der Waals surface area contributed by atoms with E-state index < -0.39 is 59.7 Å². The van der Waals surface area contributed by atoms with E-state index >= 15 is 0 Å². The van der Waals surface area contributed by atoms with E-state index in [0.29, 0.717) is 6.07 Å². The fraction of sp³-hybridized carbons (Fsp3) is 0.259. The molecule has 0 saturated carbocycles. The molecule has 0 radical (unpaired) electrons. The Morgan fingerprint density at radius 3 is 1.82 bits per heavy atom. The Bertz CT molecular complexity index is 1520. The Hall–Kier alpha value is -3.44. The van der Waals surface area contributed by atoms with Crippen molar-refractivity contribution in [3.8, 4) is 0 Å². The van der Waals surface area contributed by atoms with Gasteiger partial charge in [-0.05, 0) is 48.7 Å². The van der Waals surface area contributed by atoms with Gasteiger partial charge in [-0.2, -0.15) is 0 Å². The normalized spacial score (nSPS) is 18.1. The highest BCUT2D eigenvalue weighted by Gasteiger charge is 2.54. The van der Waals surface area contributed by atoms with Gasteiger partial charge in [0.2, 0.25) is 5.90 Å². The van der Waals surface area contributed by atoms with E-state index in [1.165, 1.54) is 48.5 Å². The predicted molar refractivity (Wildman–Crippen MR) is 137 cm³/mol. The molecule has 38 heavy (non-hydrogen) atoms. The predicted octanol–water partition coefficient (Wildman–Crippen LogP) is 4.72. The maximum atomic E-state index is 14.5. The number of sulfone groups is 2. The molecule has 0 N–H and O–H groups in total. The molecule has 1 aliphatic rings. The quantitative estimate of drug-likeness (QED) is 0.350. The maximum absolute atomic E-state index is 14.5. The average molecular weight is 562 g/mol. The third-order valence-corrected chi connectivity index (χ3v) is 11.2. The van der Waals surface area contributed by atoms with E-state index in [2.05, 4.69) is 4.99 Å². The lowest BCUT2D eigenvalue weighted by molar-refractivity contribution is -0.139. The largest absolute Gasteiger partial charge is 0.405 e. The number of cyclic esters (lactones) is 1. The summed E-state index contributed by atoms with van der Waals surface area (Å²) in [5.41, 5.74) is -2.27. The Balaban J connectivity index is 1.91. The summed E-state index contributed by atoms with van der Waals surface area (Å²) >= 11 is 0. The number of esters is 1. The second-order valence-corrected chi connectivity index (χ2v) is 14.0. The third-order valence-electron chi connectivity index (χ3n) is 6.13. The zero-order valence-corrected chi connectivity index (χ0v) is 22.2. The van der Waals surface area contributed by atoms with Gasteiger partial charge in [0.1, 0.15) is 11.6 Å². The summed E-state index contributed by atoms with van der Waals surface area (Å²) in [5.74, 6) is -3.64. The van der Waals surface area contributed by atoms with E-state index in [1.807, 2.05) is 0 Å². The fourth-order valence-corrected chi connectivity index (χ4v) is 9.10. The first-order valence-corrected chi connectivity index (χ1v) is 14.8. The molecule has 0 aromatic heterocycles. The Labute approximate surface area is 220 Å². The third kappa shape index (κ3) is 5.25. The zero-order valence-electron chi connectivity index (χ0n) is 20.5. The molecule has 200 valence electrons. The molecular weight excluding hydrogens is 536 g/mol. The molecule has 11 heteroatoms. The van der Waals surface area contributed by atoms with Crippen LogP contribution in [-0.2, 0) is 29.2 Å². The van der Waals surface area contributed by atoms with Gasteiger partial charge in [-0.15, -0.1) is 0 Å². The van der Waals surface area contributed by atoms with Crippen molar-refractivity contribution in [3.63, 3.8) is 0 Å². The van der Waals surface area contributed by atoms with Gasteiger partial charge in [0.15, 0.2) is 29.8 Å². The molecule has 1 aliphatic heterocycles. The van der Waals surface area contributed by atoms with Crippen LogP contribution in [0.1, 0.15) is 32.3 Å². The summed E-state index contributed by atoms with van der Waals surface area (Å²) in [4.78, 5) is 17.2. The van der Waals surface area contributed by atoms with Gasteiger partial charge in [0.25, 0.3) is 0 Å². The minimum Gasteiger partial charge on any atom is -0.405 e. The van der Waals surface area contributed by atoms with Crippen LogP contribution in [0.25, 0.3) is 0 Å². The first-order chi connectivity index (χ1) is 17.9. The molecule has 4 rings (SSSR count). The summed E-state index contributed by atoms with van der Waals surface area (Å²) in [6, 6.07) is 16.7. The monoisotopic (exact) mass is 561 g/mol. The topological polar surface area (TPSA) is 107 Å². The molecular formula is C27H25F2NO6S2. The molecule has 3 aromatic rings. The zero-order chi connectivity index (χ0) is 27.7. The lowest BCUT2D eigenvalue weighted by atomic mass is 9.87. The number of aliphatic imine (C=N–C) groups is 1. The molecule has 0 bridgehead atoms. The molecule has 0 fully saturated rings. The molecule has 1 atom stereocenters. The van der Waals surface area contributed by atoms with Gasteiger partial charge in [0.05, 0.1) is 15.4 Å². The second-order valence-electron chi connectivity index (χ2n) is 9.41. The van der Waals surface area contributed by atoms with Crippen molar-refractivity contribution < 1.29 is 35.1 Å². The van der Waals surface area contributed by atoms with Gasteiger partial charge < -0.3 is 4.74 Å². The Kier molecular flexibility index (Phi) is 7.53. The fourth-order valence-electron chi connectivity index (χ4n) is 4.43. The summed E-state index contributed by atoms with van der Waals surface area (Å²) in [7, 11) is -9.15. The van der Waals surface area contributed by atoms with Crippen LogP contribution in [0.3, 0.4) is 0 Å². The van der Waals surface area contributed by atoms with Crippen molar-refractivity contribution >= 4 is 31.5 Å². The van der Waals surface area contributed by atoms with Crippen molar-refractivity contribution in [1.82, 2.24) is 0 Å². The summed E-state index contributed by atoms with van der Waals surface area (Å²) in [6.07, 6.45) is -0.853. The highest BCUT2D eigenvalue weighted by Crippen LogP contribution is 2.40. The van der Waals surface area contributed by atoms with E-state index in [1.54, 1.807) is 26.0 Å².